The monoisotopic (exact) mass is 358 g/mol. The smallest absolute Gasteiger partial charge is 0.117 e. The van der Waals surface area contributed by atoms with Crippen molar-refractivity contribution in [1.29, 1.82) is 0 Å². The van der Waals surface area contributed by atoms with Gasteiger partial charge in [-0.3, -0.25) is 0 Å². The lowest BCUT2D eigenvalue weighted by molar-refractivity contribution is -0.0703. The van der Waals surface area contributed by atoms with Crippen LogP contribution in [-0.2, 0) is 9.47 Å². The molecule has 0 saturated carbocycles. The van der Waals surface area contributed by atoms with E-state index >= 15 is 0 Å². The summed E-state index contributed by atoms with van der Waals surface area (Å²) < 4.78 is 10.4. The van der Waals surface area contributed by atoms with Crippen molar-refractivity contribution in [1.82, 2.24) is 0 Å². The second-order valence-corrected chi connectivity index (χ2v) is 7.10. The van der Waals surface area contributed by atoms with Crippen molar-refractivity contribution in [3.8, 4) is 0 Å². The van der Waals surface area contributed by atoms with E-state index in [0.29, 0.717) is 0 Å². The van der Waals surface area contributed by atoms with Gasteiger partial charge in [0.05, 0.1) is 12.9 Å². The molecule has 0 aliphatic carbocycles. The van der Waals surface area contributed by atoms with Crippen LogP contribution in [0.2, 0.25) is 0 Å². The largest absolute Gasteiger partial charge is 0.499 e. The first kappa shape index (κ1) is 22.4. The normalized spacial score (nSPS) is 24.9. The number of ether oxygens (including phenoxy) is 2. The molecule has 1 rings (SSSR count). The van der Waals surface area contributed by atoms with E-state index in [0.717, 1.165) is 12.8 Å². The molecular formula is C20H38O5. The zero-order valence-corrected chi connectivity index (χ0v) is 15.8. The quantitative estimate of drug-likeness (QED) is 0.309. The Balaban J connectivity index is 1.87. The van der Waals surface area contributed by atoms with Crippen LogP contribution in [0, 0.1) is 0 Å². The summed E-state index contributed by atoms with van der Waals surface area (Å²) in [5, 5.41) is 28.9. The maximum Gasteiger partial charge on any atom is 0.117 e. The average Bonchev–Trinajstić information content (AvgIpc) is 2.94. The minimum Gasteiger partial charge on any atom is -0.499 e. The number of aliphatic hydroxyl groups is 3. The summed E-state index contributed by atoms with van der Waals surface area (Å²) in [5.74, 6) is 0. The number of allylic oxidation sites excluding steroid dienone is 1. The fourth-order valence-electron chi connectivity index (χ4n) is 3.10. The van der Waals surface area contributed by atoms with Crippen LogP contribution in [0.4, 0.5) is 0 Å². The van der Waals surface area contributed by atoms with Crippen LogP contribution in [-0.4, -0.2) is 52.9 Å². The van der Waals surface area contributed by atoms with Crippen LogP contribution in [0.15, 0.2) is 12.3 Å². The van der Waals surface area contributed by atoms with Gasteiger partial charge in [-0.15, -0.1) is 0 Å². The predicted molar refractivity (Wildman–Crippen MR) is 99.3 cm³/mol. The highest BCUT2D eigenvalue weighted by Gasteiger charge is 2.39. The summed E-state index contributed by atoms with van der Waals surface area (Å²) in [6.07, 6.45) is 14.2. The molecule has 1 saturated heterocycles. The Kier molecular flexibility index (Phi) is 13.0. The number of unbranched alkanes of at least 4 members (excludes halogenated alkanes) is 10. The maximum absolute atomic E-state index is 9.87. The summed E-state index contributed by atoms with van der Waals surface area (Å²) >= 11 is 0. The molecule has 1 aliphatic rings. The molecule has 0 radical (unpaired) electrons. The molecule has 0 spiro atoms. The Morgan fingerprint density at radius 2 is 1.60 bits per heavy atom. The van der Waals surface area contributed by atoms with Crippen molar-refractivity contribution >= 4 is 0 Å². The minimum atomic E-state index is -1.05. The third-order valence-corrected chi connectivity index (χ3v) is 4.75. The Bertz CT molecular complexity index is 334. The van der Waals surface area contributed by atoms with Crippen LogP contribution >= 0.6 is 0 Å². The van der Waals surface area contributed by atoms with Crippen molar-refractivity contribution in [3.05, 3.63) is 12.3 Å². The number of hydrogen-bond donors (Lipinski definition) is 3. The topological polar surface area (TPSA) is 79.2 Å². The summed E-state index contributed by atoms with van der Waals surface area (Å²) in [6.45, 7) is 2.36. The van der Waals surface area contributed by atoms with Gasteiger partial charge in [-0.2, -0.15) is 0 Å². The SMILES string of the molecule is CCCCCCCCCCCC/C=C/OC[C@@H](O)[C@H]1OC[C@H](O)[C@H]1O. The third-order valence-electron chi connectivity index (χ3n) is 4.75. The standard InChI is InChI=1S/C20H38O5/c1-2-3-4-5-6-7-8-9-10-11-12-13-14-24-15-18(22)20-19(23)17(21)16-25-20/h13-14,17-23H,2-12,15-16H2,1H3/b14-13+/t17-,18+,19+,20+/m0/s1. The summed E-state index contributed by atoms with van der Waals surface area (Å²) in [4.78, 5) is 0. The van der Waals surface area contributed by atoms with Gasteiger partial charge >= 0.3 is 0 Å². The summed E-state index contributed by atoms with van der Waals surface area (Å²) in [7, 11) is 0. The molecule has 0 aromatic heterocycles. The lowest BCUT2D eigenvalue weighted by Crippen LogP contribution is -2.40. The molecule has 0 aromatic carbocycles. The van der Waals surface area contributed by atoms with E-state index in [1.54, 1.807) is 6.26 Å². The molecule has 0 amide bonds. The molecule has 0 bridgehead atoms. The molecule has 5 heteroatoms. The molecular weight excluding hydrogens is 320 g/mol. The Labute approximate surface area is 153 Å². The molecule has 1 heterocycles. The molecule has 0 unspecified atom stereocenters. The van der Waals surface area contributed by atoms with Crippen molar-refractivity contribution in [2.24, 2.45) is 0 Å². The van der Waals surface area contributed by atoms with Crippen LogP contribution in [0.5, 0.6) is 0 Å². The lowest BCUT2D eigenvalue weighted by atomic mass is 10.1. The van der Waals surface area contributed by atoms with E-state index in [-0.39, 0.29) is 13.2 Å². The van der Waals surface area contributed by atoms with Crippen molar-refractivity contribution in [2.75, 3.05) is 13.2 Å². The fraction of sp³-hybridized carbons (Fsp3) is 0.900. The van der Waals surface area contributed by atoms with E-state index in [1.807, 2.05) is 6.08 Å². The maximum atomic E-state index is 9.87. The van der Waals surface area contributed by atoms with Gasteiger partial charge in [-0.1, -0.05) is 64.7 Å². The number of rotatable bonds is 15. The predicted octanol–water partition coefficient (Wildman–Crippen LogP) is 3.31. The summed E-state index contributed by atoms with van der Waals surface area (Å²) in [6, 6.07) is 0. The zero-order valence-electron chi connectivity index (χ0n) is 15.8. The van der Waals surface area contributed by atoms with Crippen molar-refractivity contribution in [2.45, 2.75) is 102 Å². The first-order chi connectivity index (χ1) is 12.2. The van der Waals surface area contributed by atoms with Crippen LogP contribution < -0.4 is 0 Å². The first-order valence-electron chi connectivity index (χ1n) is 10.1. The van der Waals surface area contributed by atoms with Gasteiger partial charge in [0.1, 0.15) is 31.0 Å². The molecule has 3 N–H and O–H groups in total. The first-order valence-corrected chi connectivity index (χ1v) is 10.1. The highest BCUT2D eigenvalue weighted by Crippen LogP contribution is 2.18. The minimum absolute atomic E-state index is 0.0530. The Morgan fingerprint density at radius 3 is 2.16 bits per heavy atom. The van der Waals surface area contributed by atoms with Gasteiger partial charge in [-0.05, 0) is 18.9 Å². The molecule has 1 aliphatic heterocycles. The van der Waals surface area contributed by atoms with Crippen molar-refractivity contribution < 1.29 is 24.8 Å². The van der Waals surface area contributed by atoms with Gasteiger partial charge in [-0.25, -0.2) is 0 Å². The molecule has 4 atom stereocenters. The van der Waals surface area contributed by atoms with Gasteiger partial charge in [0.25, 0.3) is 0 Å². The molecule has 5 nitrogen and oxygen atoms in total. The highest BCUT2D eigenvalue weighted by atomic mass is 16.5. The van der Waals surface area contributed by atoms with Gasteiger partial charge in [0, 0.05) is 0 Å². The fourth-order valence-corrected chi connectivity index (χ4v) is 3.10. The summed E-state index contributed by atoms with van der Waals surface area (Å²) in [5.41, 5.74) is 0. The lowest BCUT2D eigenvalue weighted by Gasteiger charge is -2.20. The number of hydrogen-bond acceptors (Lipinski definition) is 5. The molecule has 1 fully saturated rings. The van der Waals surface area contributed by atoms with Gasteiger partial charge < -0.3 is 24.8 Å². The Hall–Kier alpha value is -0.620. The number of aliphatic hydroxyl groups excluding tert-OH is 3. The van der Waals surface area contributed by atoms with Crippen LogP contribution in [0.25, 0.3) is 0 Å². The van der Waals surface area contributed by atoms with E-state index < -0.39 is 24.4 Å². The molecule has 25 heavy (non-hydrogen) atoms. The van der Waals surface area contributed by atoms with Gasteiger partial charge in [0.15, 0.2) is 0 Å². The van der Waals surface area contributed by atoms with Crippen LogP contribution in [0.3, 0.4) is 0 Å². The van der Waals surface area contributed by atoms with Crippen LogP contribution in [0.1, 0.15) is 77.6 Å². The van der Waals surface area contributed by atoms with E-state index in [1.165, 1.54) is 57.8 Å². The second kappa shape index (κ2) is 14.5. The van der Waals surface area contributed by atoms with E-state index in [2.05, 4.69) is 6.92 Å². The zero-order chi connectivity index (χ0) is 18.3. The second-order valence-electron chi connectivity index (χ2n) is 7.10. The average molecular weight is 359 g/mol. The molecule has 0 aromatic rings. The highest BCUT2D eigenvalue weighted by molar-refractivity contribution is 4.88. The molecule has 148 valence electrons. The van der Waals surface area contributed by atoms with Crippen molar-refractivity contribution in [3.63, 3.8) is 0 Å². The van der Waals surface area contributed by atoms with Gasteiger partial charge in [0.2, 0.25) is 0 Å². The van der Waals surface area contributed by atoms with E-state index in [9.17, 15) is 15.3 Å². The third kappa shape index (κ3) is 10.2. The van der Waals surface area contributed by atoms with E-state index in [4.69, 9.17) is 9.47 Å². The Morgan fingerprint density at radius 1 is 1.00 bits per heavy atom.